The van der Waals surface area contributed by atoms with Gasteiger partial charge in [-0.05, 0) is 23.3 Å². The molecule has 7 rings (SSSR count). The van der Waals surface area contributed by atoms with Crippen LogP contribution in [0.5, 0.6) is 11.5 Å². The summed E-state index contributed by atoms with van der Waals surface area (Å²) in [6.07, 6.45) is 0. The van der Waals surface area contributed by atoms with Crippen molar-refractivity contribution in [1.82, 2.24) is 0 Å². The molecule has 58 heavy (non-hydrogen) atoms. The first-order valence-electron chi connectivity index (χ1n) is 16.9. The summed E-state index contributed by atoms with van der Waals surface area (Å²) in [5.74, 6) is -0.438. The molecular formula is C42H24N6O6S4. The molecular weight excluding hydrogens is 813 g/mol. The van der Waals surface area contributed by atoms with E-state index in [1.165, 1.54) is 59.6 Å². The summed E-state index contributed by atoms with van der Waals surface area (Å²) in [6, 6.07) is 32.3. The van der Waals surface area contributed by atoms with Crippen molar-refractivity contribution in [2.45, 2.75) is 13.2 Å². The quantitative estimate of drug-likeness (QED) is 0.0845. The highest BCUT2D eigenvalue weighted by atomic mass is 32.1. The third-order valence-electron chi connectivity index (χ3n) is 8.42. The second-order valence-electron chi connectivity index (χ2n) is 11.9. The van der Waals surface area contributed by atoms with Crippen molar-refractivity contribution >= 4 is 98.9 Å². The third kappa shape index (κ3) is 7.91. The van der Waals surface area contributed by atoms with Crippen molar-refractivity contribution in [3.05, 3.63) is 107 Å². The maximum Gasteiger partial charge on any atom is 0.340 e. The summed E-state index contributed by atoms with van der Waals surface area (Å²) >= 11 is 4.83. The third-order valence-corrected chi connectivity index (χ3v) is 13.1. The zero-order chi connectivity index (χ0) is 40.8. The molecule has 12 nitrogen and oxygen atoms in total. The summed E-state index contributed by atoms with van der Waals surface area (Å²) in [7, 11) is 2.96. The first kappa shape index (κ1) is 39.1. The van der Waals surface area contributed by atoms with Crippen LogP contribution in [-0.4, -0.2) is 37.6 Å². The lowest BCUT2D eigenvalue weighted by atomic mass is 10.0. The van der Waals surface area contributed by atoms with E-state index in [9.17, 15) is 30.6 Å². The van der Waals surface area contributed by atoms with E-state index in [-0.39, 0.29) is 35.8 Å². The molecule has 0 bridgehead atoms. The molecule has 3 aromatic carbocycles. The van der Waals surface area contributed by atoms with Gasteiger partial charge in [0.25, 0.3) is 0 Å². The Bertz CT molecular complexity index is 2680. The van der Waals surface area contributed by atoms with E-state index >= 15 is 0 Å². The SMILES string of the molecule is COc1cc(N=C(C#N)C#N)sc1-c1cc2c(C(=O)OCc3ccccc3)c3sc(-c4sc(N=C(C#N)C#N)cc4OC)cc3c(C(=O)OCc3ccccc3)c2s1. The average Bonchev–Trinajstić information content (AvgIpc) is 4.07. The Morgan fingerprint density at radius 2 is 0.948 bits per heavy atom. The molecule has 16 heteroatoms. The van der Waals surface area contributed by atoms with Crippen LogP contribution in [0.25, 0.3) is 39.7 Å². The number of rotatable bonds is 12. The first-order chi connectivity index (χ1) is 28.3. The number of esters is 2. The Morgan fingerprint density at radius 3 is 1.29 bits per heavy atom. The number of carbonyl (C=O) groups is 2. The smallest absolute Gasteiger partial charge is 0.340 e. The summed E-state index contributed by atoms with van der Waals surface area (Å²) in [5.41, 5.74) is 1.33. The lowest BCUT2D eigenvalue weighted by molar-refractivity contribution is 0.0465. The number of carbonyl (C=O) groups excluding carboxylic acids is 2. The molecule has 0 unspecified atom stereocenters. The summed E-state index contributed by atoms with van der Waals surface area (Å²) in [6.45, 7) is -0.0293. The summed E-state index contributed by atoms with van der Waals surface area (Å²) < 4.78 is 24.2. The molecule has 0 amide bonds. The minimum atomic E-state index is -0.631. The number of hydrogen-bond donors (Lipinski definition) is 0. The topological polar surface area (TPSA) is 191 Å². The van der Waals surface area contributed by atoms with Gasteiger partial charge in [-0.1, -0.05) is 60.7 Å². The first-order valence-corrected chi connectivity index (χ1v) is 20.1. The zero-order valence-corrected chi connectivity index (χ0v) is 33.5. The maximum atomic E-state index is 14.4. The number of hydrogen-bond acceptors (Lipinski definition) is 16. The Hall–Kier alpha value is -7.18. The van der Waals surface area contributed by atoms with Crippen LogP contribution in [0.2, 0.25) is 0 Å². The lowest BCUT2D eigenvalue weighted by Gasteiger charge is -2.11. The fraction of sp³-hybridized carbons (Fsp3) is 0.0952. The molecule has 0 saturated carbocycles. The standard InChI is InChI=1S/C42H24N6O6S4/c1-51-29-15-33(47-25(17-43)18-44)57-39(29)31-13-27-35(41(49)53-21-23-9-5-3-6-10-23)38-28(36(37(27)55-31)42(50)54-22-24-11-7-4-8-12-24)14-32(56-38)40-30(52-2)16-34(58-40)48-26(19-45)20-46/h3-16H,21-22H2,1-2H3. The number of nitrogens with zero attached hydrogens (tertiary/aromatic N) is 6. The second-order valence-corrected chi connectivity index (χ2v) is 16.1. The van der Waals surface area contributed by atoms with Crippen molar-refractivity contribution in [3.63, 3.8) is 0 Å². The van der Waals surface area contributed by atoms with Crippen molar-refractivity contribution in [1.29, 1.82) is 21.0 Å². The molecule has 282 valence electrons. The fourth-order valence-electron chi connectivity index (χ4n) is 5.84. The molecule has 0 aliphatic rings. The normalized spacial score (nSPS) is 10.4. The molecule has 0 aliphatic heterocycles. The number of aliphatic imine (C=N–C) groups is 2. The molecule has 0 saturated heterocycles. The van der Waals surface area contributed by atoms with Crippen LogP contribution in [-0.2, 0) is 22.7 Å². The zero-order valence-electron chi connectivity index (χ0n) is 30.3. The van der Waals surface area contributed by atoms with E-state index in [0.717, 1.165) is 11.1 Å². The van der Waals surface area contributed by atoms with E-state index < -0.39 is 11.9 Å². The van der Waals surface area contributed by atoms with E-state index in [0.29, 0.717) is 61.2 Å². The van der Waals surface area contributed by atoms with Gasteiger partial charge in [-0.25, -0.2) is 19.6 Å². The lowest BCUT2D eigenvalue weighted by Crippen LogP contribution is -2.10. The Morgan fingerprint density at radius 1 is 0.569 bits per heavy atom. The van der Waals surface area contributed by atoms with E-state index in [4.69, 9.17) is 18.9 Å². The van der Waals surface area contributed by atoms with Crippen LogP contribution in [0.4, 0.5) is 10.0 Å². The predicted octanol–water partition coefficient (Wildman–Crippen LogP) is 10.5. The van der Waals surface area contributed by atoms with Gasteiger partial charge in [0.15, 0.2) is 0 Å². The van der Waals surface area contributed by atoms with Gasteiger partial charge in [0.1, 0.15) is 59.0 Å². The van der Waals surface area contributed by atoms with E-state index in [1.807, 2.05) is 60.7 Å². The van der Waals surface area contributed by atoms with Gasteiger partial charge in [0.05, 0.1) is 44.5 Å². The van der Waals surface area contributed by atoms with Crippen molar-refractivity contribution < 1.29 is 28.5 Å². The molecule has 0 N–H and O–H groups in total. The van der Waals surface area contributed by atoms with Crippen molar-refractivity contribution in [3.8, 4) is 55.3 Å². The van der Waals surface area contributed by atoms with Gasteiger partial charge < -0.3 is 18.9 Å². The van der Waals surface area contributed by atoms with E-state index in [1.54, 1.807) is 48.5 Å². The minimum Gasteiger partial charge on any atom is -0.495 e. The fourth-order valence-corrected chi connectivity index (χ4v) is 10.5. The summed E-state index contributed by atoms with van der Waals surface area (Å²) in [4.78, 5) is 39.6. The maximum absolute atomic E-state index is 14.4. The van der Waals surface area contributed by atoms with Crippen LogP contribution < -0.4 is 9.47 Å². The Labute approximate surface area is 346 Å². The highest BCUT2D eigenvalue weighted by molar-refractivity contribution is 7.29. The highest BCUT2D eigenvalue weighted by Gasteiger charge is 2.30. The van der Waals surface area contributed by atoms with Crippen LogP contribution in [0.3, 0.4) is 0 Å². The summed E-state index contributed by atoms with van der Waals surface area (Å²) in [5, 5.41) is 38.9. The monoisotopic (exact) mass is 836 g/mol. The van der Waals surface area contributed by atoms with Gasteiger partial charge in [0.2, 0.25) is 11.4 Å². The number of ether oxygens (including phenoxy) is 4. The number of benzene rings is 3. The Kier molecular flexibility index (Phi) is 11.7. The number of nitriles is 4. The molecule has 4 aromatic heterocycles. The minimum absolute atomic E-state index is 0.0147. The predicted molar refractivity (Wildman–Crippen MR) is 225 cm³/mol. The number of methoxy groups -OCH3 is 2. The van der Waals surface area contributed by atoms with Crippen LogP contribution >= 0.6 is 45.3 Å². The van der Waals surface area contributed by atoms with Crippen molar-refractivity contribution in [2.75, 3.05) is 14.2 Å². The van der Waals surface area contributed by atoms with Gasteiger partial charge in [-0.3, -0.25) is 0 Å². The molecule has 4 heterocycles. The molecule has 7 aromatic rings. The average molecular weight is 837 g/mol. The largest absolute Gasteiger partial charge is 0.495 e. The van der Waals surface area contributed by atoms with Crippen molar-refractivity contribution in [2.24, 2.45) is 9.98 Å². The van der Waals surface area contributed by atoms with Gasteiger partial charge in [0, 0.05) is 32.7 Å². The van der Waals surface area contributed by atoms with Gasteiger partial charge >= 0.3 is 11.9 Å². The molecule has 0 atom stereocenters. The van der Waals surface area contributed by atoms with Gasteiger partial charge in [-0.2, -0.15) is 21.0 Å². The van der Waals surface area contributed by atoms with Crippen LogP contribution in [0.1, 0.15) is 31.8 Å². The van der Waals surface area contributed by atoms with E-state index in [2.05, 4.69) is 9.98 Å². The molecule has 0 radical (unpaired) electrons. The van der Waals surface area contributed by atoms with Gasteiger partial charge in [-0.15, -0.1) is 45.3 Å². The number of fused-ring (bicyclic) bond motifs is 2. The van der Waals surface area contributed by atoms with Crippen LogP contribution in [0, 0.1) is 45.3 Å². The molecule has 0 spiro atoms. The second kappa shape index (κ2) is 17.3. The number of thiophene rings is 4. The van der Waals surface area contributed by atoms with Crippen LogP contribution in [0.15, 0.2) is 94.9 Å². The highest BCUT2D eigenvalue weighted by Crippen LogP contribution is 2.52. The Balaban J connectivity index is 1.48. The molecule has 0 fully saturated rings. The molecule has 0 aliphatic carbocycles.